The molecule has 2 heterocycles. The van der Waals surface area contributed by atoms with Gasteiger partial charge in [0.2, 0.25) is 0 Å². The van der Waals surface area contributed by atoms with Crippen molar-refractivity contribution in [3.05, 3.63) is 67.1 Å². The van der Waals surface area contributed by atoms with E-state index in [2.05, 4.69) is 0 Å². The SMILES string of the molecule is O=c1ccn(Cc2cc(Cl)cc3c2OCOC3)cc1[N+](=O)[O-]. The van der Waals surface area contributed by atoms with E-state index in [-0.39, 0.29) is 6.79 Å². The van der Waals surface area contributed by atoms with Gasteiger partial charge in [-0.2, -0.15) is 0 Å². The predicted octanol–water partition coefficient (Wildman–Crippen LogP) is 2.32. The standard InChI is InChI=1S/C14H11ClN2O5/c15-11-3-9(14-10(4-11)7-21-8-22-14)5-16-2-1-13(18)12(6-16)17(19)20/h1-4,6H,5,7-8H2. The lowest BCUT2D eigenvalue weighted by molar-refractivity contribution is -0.386. The summed E-state index contributed by atoms with van der Waals surface area (Å²) in [6.45, 7) is 0.836. The zero-order valence-electron chi connectivity index (χ0n) is 11.3. The smallest absolute Gasteiger partial charge is 0.332 e. The predicted molar refractivity (Wildman–Crippen MR) is 78.2 cm³/mol. The fourth-order valence-corrected chi connectivity index (χ4v) is 2.58. The highest BCUT2D eigenvalue weighted by Crippen LogP contribution is 2.32. The van der Waals surface area contributed by atoms with Gasteiger partial charge in [-0.1, -0.05) is 11.6 Å². The maximum Gasteiger partial charge on any atom is 0.332 e. The first-order valence-corrected chi connectivity index (χ1v) is 6.79. The molecule has 7 nitrogen and oxygen atoms in total. The Morgan fingerprint density at radius 1 is 1.41 bits per heavy atom. The van der Waals surface area contributed by atoms with Gasteiger partial charge < -0.3 is 14.0 Å². The third-order valence-electron chi connectivity index (χ3n) is 3.26. The largest absolute Gasteiger partial charge is 0.467 e. The van der Waals surface area contributed by atoms with Crippen LogP contribution >= 0.6 is 11.6 Å². The molecule has 0 radical (unpaired) electrons. The van der Waals surface area contributed by atoms with Crippen molar-refractivity contribution in [2.75, 3.05) is 6.79 Å². The summed E-state index contributed by atoms with van der Waals surface area (Å²) < 4.78 is 12.2. The number of halogens is 1. The topological polar surface area (TPSA) is 83.6 Å². The minimum absolute atomic E-state index is 0.145. The molecule has 1 aliphatic rings. The molecule has 1 aromatic heterocycles. The van der Waals surface area contributed by atoms with Gasteiger partial charge in [0.25, 0.3) is 5.43 Å². The van der Waals surface area contributed by atoms with Crippen molar-refractivity contribution < 1.29 is 14.4 Å². The highest BCUT2D eigenvalue weighted by atomic mass is 35.5. The Morgan fingerprint density at radius 3 is 3.00 bits per heavy atom. The van der Waals surface area contributed by atoms with Crippen LogP contribution in [0.4, 0.5) is 5.69 Å². The lowest BCUT2D eigenvalue weighted by Gasteiger charge is -2.21. The van der Waals surface area contributed by atoms with Crippen LogP contribution in [0.1, 0.15) is 11.1 Å². The van der Waals surface area contributed by atoms with Crippen molar-refractivity contribution in [3.8, 4) is 5.75 Å². The molecule has 0 spiro atoms. The Bertz CT molecular complexity index is 802. The number of hydrogen-bond acceptors (Lipinski definition) is 5. The molecule has 0 unspecified atom stereocenters. The second-order valence-electron chi connectivity index (χ2n) is 4.79. The van der Waals surface area contributed by atoms with Crippen LogP contribution < -0.4 is 10.2 Å². The number of fused-ring (bicyclic) bond motifs is 1. The lowest BCUT2D eigenvalue weighted by Crippen LogP contribution is -2.15. The molecule has 1 aliphatic heterocycles. The molecule has 3 rings (SSSR count). The number of nitro groups is 1. The zero-order valence-corrected chi connectivity index (χ0v) is 12.1. The third kappa shape index (κ3) is 2.81. The number of pyridine rings is 1. The molecule has 0 saturated heterocycles. The molecular formula is C14H11ClN2O5. The zero-order chi connectivity index (χ0) is 15.7. The summed E-state index contributed by atoms with van der Waals surface area (Å²) in [5.41, 5.74) is 0.495. The molecule has 0 bridgehead atoms. The number of hydrogen-bond donors (Lipinski definition) is 0. The second-order valence-corrected chi connectivity index (χ2v) is 5.22. The minimum atomic E-state index is -0.698. The van der Waals surface area contributed by atoms with Crippen molar-refractivity contribution in [2.24, 2.45) is 0 Å². The highest BCUT2D eigenvalue weighted by molar-refractivity contribution is 6.30. The normalized spacial score (nSPS) is 13.3. The molecule has 0 fully saturated rings. The van der Waals surface area contributed by atoms with Crippen molar-refractivity contribution in [3.63, 3.8) is 0 Å². The first-order chi connectivity index (χ1) is 10.5. The molecule has 0 saturated carbocycles. The van der Waals surface area contributed by atoms with Gasteiger partial charge in [-0.05, 0) is 12.1 Å². The van der Waals surface area contributed by atoms with Crippen LogP contribution in [0.5, 0.6) is 5.75 Å². The first-order valence-electron chi connectivity index (χ1n) is 6.41. The Balaban J connectivity index is 2.00. The summed E-state index contributed by atoms with van der Waals surface area (Å²) in [5.74, 6) is 0.664. The third-order valence-corrected chi connectivity index (χ3v) is 3.48. The van der Waals surface area contributed by atoms with Crippen molar-refractivity contribution >= 4 is 17.3 Å². The number of rotatable bonds is 3. The molecule has 114 valence electrons. The highest BCUT2D eigenvalue weighted by Gasteiger charge is 2.18. The molecule has 0 aliphatic carbocycles. The molecule has 0 atom stereocenters. The average molecular weight is 323 g/mol. The number of aromatic nitrogens is 1. The van der Waals surface area contributed by atoms with E-state index in [1.54, 1.807) is 16.7 Å². The van der Waals surface area contributed by atoms with E-state index >= 15 is 0 Å². The van der Waals surface area contributed by atoms with Gasteiger partial charge in [0.1, 0.15) is 5.75 Å². The molecule has 8 heteroatoms. The summed E-state index contributed by atoms with van der Waals surface area (Å²) in [7, 11) is 0. The van der Waals surface area contributed by atoms with Crippen molar-refractivity contribution in [2.45, 2.75) is 13.2 Å². The van der Waals surface area contributed by atoms with E-state index in [0.717, 1.165) is 11.1 Å². The fraction of sp³-hybridized carbons (Fsp3) is 0.214. The van der Waals surface area contributed by atoms with E-state index in [0.29, 0.717) is 23.9 Å². The molecular weight excluding hydrogens is 312 g/mol. The van der Waals surface area contributed by atoms with Gasteiger partial charge in [-0.25, -0.2) is 0 Å². The molecule has 0 amide bonds. The Hall–Kier alpha value is -2.38. The van der Waals surface area contributed by atoms with Gasteiger partial charge in [0.15, 0.2) is 6.79 Å². The van der Waals surface area contributed by atoms with Crippen LogP contribution in [-0.2, 0) is 17.9 Å². The van der Waals surface area contributed by atoms with Gasteiger partial charge in [0, 0.05) is 28.4 Å². The van der Waals surface area contributed by atoms with E-state index in [4.69, 9.17) is 21.1 Å². The minimum Gasteiger partial charge on any atom is -0.467 e. The number of ether oxygens (including phenoxy) is 2. The van der Waals surface area contributed by atoms with E-state index in [1.165, 1.54) is 18.5 Å². The van der Waals surface area contributed by atoms with Crippen molar-refractivity contribution in [1.82, 2.24) is 4.57 Å². The van der Waals surface area contributed by atoms with E-state index in [1.807, 2.05) is 0 Å². The van der Waals surface area contributed by atoms with Gasteiger partial charge in [0.05, 0.1) is 24.3 Å². The van der Waals surface area contributed by atoms with Crippen LogP contribution in [0.15, 0.2) is 35.4 Å². The van der Waals surface area contributed by atoms with E-state index < -0.39 is 16.0 Å². The summed E-state index contributed by atoms with van der Waals surface area (Å²) in [6.07, 6.45) is 2.69. The summed E-state index contributed by atoms with van der Waals surface area (Å²) in [4.78, 5) is 21.6. The Morgan fingerprint density at radius 2 is 2.23 bits per heavy atom. The lowest BCUT2D eigenvalue weighted by atomic mass is 10.1. The van der Waals surface area contributed by atoms with Crippen LogP contribution in [0.2, 0.25) is 5.02 Å². The maximum atomic E-state index is 11.4. The monoisotopic (exact) mass is 322 g/mol. The molecule has 0 N–H and O–H groups in total. The van der Waals surface area contributed by atoms with Crippen molar-refractivity contribution in [1.29, 1.82) is 0 Å². The maximum absolute atomic E-state index is 11.4. The second kappa shape index (κ2) is 5.78. The summed E-state index contributed by atoms with van der Waals surface area (Å²) in [5, 5.41) is 11.4. The average Bonchev–Trinajstić information content (AvgIpc) is 2.48. The number of benzene rings is 1. The molecule has 1 aromatic carbocycles. The Labute approximate surface area is 129 Å². The summed E-state index contributed by atoms with van der Waals surface area (Å²) >= 11 is 6.08. The van der Waals surface area contributed by atoms with E-state index in [9.17, 15) is 14.9 Å². The van der Waals surface area contributed by atoms with Crippen LogP contribution in [0.25, 0.3) is 0 Å². The first kappa shape index (κ1) is 14.6. The Kier molecular flexibility index (Phi) is 3.82. The quantitative estimate of drug-likeness (QED) is 0.639. The van der Waals surface area contributed by atoms with Crippen LogP contribution in [-0.4, -0.2) is 16.3 Å². The number of nitrogens with zero attached hydrogens (tertiary/aromatic N) is 2. The fourth-order valence-electron chi connectivity index (χ4n) is 2.32. The van der Waals surface area contributed by atoms with Crippen LogP contribution in [0.3, 0.4) is 0 Å². The van der Waals surface area contributed by atoms with Gasteiger partial charge in [-0.3, -0.25) is 14.9 Å². The van der Waals surface area contributed by atoms with Gasteiger partial charge in [-0.15, -0.1) is 0 Å². The van der Waals surface area contributed by atoms with Gasteiger partial charge >= 0.3 is 5.69 Å². The molecule has 22 heavy (non-hydrogen) atoms. The summed E-state index contributed by atoms with van der Waals surface area (Å²) in [6, 6.07) is 4.65. The molecule has 2 aromatic rings. The van der Waals surface area contributed by atoms with Crippen LogP contribution in [0, 0.1) is 10.1 Å².